The summed E-state index contributed by atoms with van der Waals surface area (Å²) in [5.74, 6) is 0. The summed E-state index contributed by atoms with van der Waals surface area (Å²) >= 11 is 7.12. The van der Waals surface area contributed by atoms with Crippen molar-refractivity contribution >= 4 is 29.1 Å². The molecule has 0 aliphatic heterocycles. The lowest BCUT2D eigenvalue weighted by atomic mass is 10.2. The van der Waals surface area contributed by atoms with E-state index in [9.17, 15) is 10.1 Å². The molecule has 0 aliphatic carbocycles. The van der Waals surface area contributed by atoms with Crippen molar-refractivity contribution in [3.05, 3.63) is 32.8 Å². The SMILES string of the molecule is CSc1cc(C)c(Cl)cc1[N+](=O)[O-]. The standard InChI is InChI=1S/C8H8ClNO2S/c1-5-3-8(13-2)7(10(11)12)4-6(5)9/h3-4H,1-2H3. The van der Waals surface area contributed by atoms with Gasteiger partial charge in [0.15, 0.2) is 0 Å². The molecule has 0 N–H and O–H groups in total. The van der Waals surface area contributed by atoms with Crippen LogP contribution in [-0.2, 0) is 0 Å². The Balaban J connectivity index is 3.33. The molecular formula is C8H8ClNO2S. The second kappa shape index (κ2) is 3.98. The molecule has 0 atom stereocenters. The fraction of sp³-hybridized carbons (Fsp3) is 0.250. The van der Waals surface area contributed by atoms with Gasteiger partial charge in [-0.2, -0.15) is 0 Å². The molecule has 0 heterocycles. The van der Waals surface area contributed by atoms with Crippen LogP contribution in [0.4, 0.5) is 5.69 Å². The van der Waals surface area contributed by atoms with Crippen LogP contribution in [0.25, 0.3) is 0 Å². The summed E-state index contributed by atoms with van der Waals surface area (Å²) in [6, 6.07) is 3.12. The highest BCUT2D eigenvalue weighted by Gasteiger charge is 2.14. The topological polar surface area (TPSA) is 43.1 Å². The molecule has 3 nitrogen and oxygen atoms in total. The number of nitro groups is 1. The second-order valence-corrected chi connectivity index (χ2v) is 3.79. The Labute approximate surface area is 85.2 Å². The summed E-state index contributed by atoms with van der Waals surface area (Å²) in [5.41, 5.74) is 0.930. The lowest BCUT2D eigenvalue weighted by molar-refractivity contribution is -0.387. The number of nitro benzene ring substituents is 1. The van der Waals surface area contributed by atoms with Crippen molar-refractivity contribution in [3.63, 3.8) is 0 Å². The molecule has 0 saturated heterocycles. The second-order valence-electron chi connectivity index (χ2n) is 2.53. The Morgan fingerprint density at radius 2 is 2.15 bits per heavy atom. The lowest BCUT2D eigenvalue weighted by Crippen LogP contribution is -1.91. The first-order valence-electron chi connectivity index (χ1n) is 3.54. The Morgan fingerprint density at radius 3 is 2.62 bits per heavy atom. The van der Waals surface area contributed by atoms with Crippen molar-refractivity contribution in [1.29, 1.82) is 0 Å². The Bertz CT molecular complexity index is 354. The van der Waals surface area contributed by atoms with Crippen molar-refractivity contribution in [2.24, 2.45) is 0 Å². The number of hydrogen-bond acceptors (Lipinski definition) is 3. The van der Waals surface area contributed by atoms with Gasteiger partial charge in [0, 0.05) is 6.07 Å². The van der Waals surface area contributed by atoms with Crippen molar-refractivity contribution in [2.45, 2.75) is 11.8 Å². The van der Waals surface area contributed by atoms with E-state index in [4.69, 9.17) is 11.6 Å². The van der Waals surface area contributed by atoms with Gasteiger partial charge < -0.3 is 0 Å². The normalized spacial score (nSPS) is 10.1. The van der Waals surface area contributed by atoms with Gasteiger partial charge in [0.25, 0.3) is 5.69 Å². The fourth-order valence-electron chi connectivity index (χ4n) is 0.951. The van der Waals surface area contributed by atoms with Gasteiger partial charge in [0.2, 0.25) is 0 Å². The monoisotopic (exact) mass is 217 g/mol. The summed E-state index contributed by atoms with van der Waals surface area (Å²) in [6.07, 6.45) is 1.80. The van der Waals surface area contributed by atoms with E-state index in [0.717, 1.165) is 5.56 Å². The summed E-state index contributed by atoms with van der Waals surface area (Å²) in [4.78, 5) is 10.8. The van der Waals surface area contributed by atoms with Crippen LogP contribution in [0.3, 0.4) is 0 Å². The van der Waals surface area contributed by atoms with Crippen LogP contribution in [0.5, 0.6) is 0 Å². The third-order valence-electron chi connectivity index (χ3n) is 1.66. The van der Waals surface area contributed by atoms with E-state index in [1.807, 2.05) is 6.92 Å². The molecular weight excluding hydrogens is 210 g/mol. The molecule has 0 bridgehead atoms. The molecule has 1 rings (SSSR count). The quantitative estimate of drug-likeness (QED) is 0.434. The van der Waals surface area contributed by atoms with E-state index in [1.165, 1.54) is 17.8 Å². The lowest BCUT2D eigenvalue weighted by Gasteiger charge is -2.02. The van der Waals surface area contributed by atoms with Gasteiger partial charge >= 0.3 is 0 Å². The average Bonchev–Trinajstić information content (AvgIpc) is 2.08. The number of rotatable bonds is 2. The van der Waals surface area contributed by atoms with E-state index < -0.39 is 4.92 Å². The van der Waals surface area contributed by atoms with Crippen molar-refractivity contribution in [2.75, 3.05) is 6.26 Å². The zero-order chi connectivity index (χ0) is 10.0. The number of aryl methyl sites for hydroxylation is 1. The first-order valence-corrected chi connectivity index (χ1v) is 5.15. The van der Waals surface area contributed by atoms with E-state index in [1.54, 1.807) is 12.3 Å². The van der Waals surface area contributed by atoms with Crippen LogP contribution in [-0.4, -0.2) is 11.2 Å². The number of hydrogen-bond donors (Lipinski definition) is 0. The molecule has 13 heavy (non-hydrogen) atoms. The molecule has 0 fully saturated rings. The van der Waals surface area contributed by atoms with Crippen LogP contribution in [0, 0.1) is 17.0 Å². The Kier molecular flexibility index (Phi) is 3.17. The smallest absolute Gasteiger partial charge is 0.258 e. The maximum Gasteiger partial charge on any atom is 0.284 e. The highest BCUT2D eigenvalue weighted by atomic mass is 35.5. The van der Waals surface area contributed by atoms with Gasteiger partial charge in [-0.15, -0.1) is 11.8 Å². The van der Waals surface area contributed by atoms with Crippen LogP contribution in [0.15, 0.2) is 17.0 Å². The molecule has 5 heteroatoms. The summed E-state index contributed by atoms with van der Waals surface area (Å²) in [5, 5.41) is 11.0. The molecule has 0 radical (unpaired) electrons. The number of benzene rings is 1. The Morgan fingerprint density at radius 1 is 1.54 bits per heavy atom. The van der Waals surface area contributed by atoms with Gasteiger partial charge in [-0.1, -0.05) is 11.6 Å². The maximum atomic E-state index is 10.6. The summed E-state index contributed by atoms with van der Waals surface area (Å²) < 4.78 is 0. The number of thioether (sulfide) groups is 1. The van der Waals surface area contributed by atoms with Gasteiger partial charge in [-0.05, 0) is 24.8 Å². The van der Waals surface area contributed by atoms with Crippen molar-refractivity contribution in [3.8, 4) is 0 Å². The predicted molar refractivity (Wildman–Crippen MR) is 54.6 cm³/mol. The molecule has 70 valence electrons. The van der Waals surface area contributed by atoms with Gasteiger partial charge in [0.1, 0.15) is 0 Å². The maximum absolute atomic E-state index is 10.6. The summed E-state index contributed by atoms with van der Waals surface area (Å²) in [6.45, 7) is 1.83. The fourth-order valence-corrected chi connectivity index (χ4v) is 1.75. The molecule has 1 aromatic rings. The number of halogens is 1. The van der Waals surface area contributed by atoms with Crippen LogP contribution < -0.4 is 0 Å². The van der Waals surface area contributed by atoms with Crippen molar-refractivity contribution < 1.29 is 4.92 Å². The summed E-state index contributed by atoms with van der Waals surface area (Å²) in [7, 11) is 0. The number of nitrogens with zero attached hydrogens (tertiary/aromatic N) is 1. The first kappa shape index (κ1) is 10.3. The molecule has 0 aromatic heterocycles. The third-order valence-corrected chi connectivity index (χ3v) is 2.83. The van der Waals surface area contributed by atoms with Crippen molar-refractivity contribution in [1.82, 2.24) is 0 Å². The first-order chi connectivity index (χ1) is 6.06. The minimum Gasteiger partial charge on any atom is -0.258 e. The van der Waals surface area contributed by atoms with Crippen LogP contribution in [0.2, 0.25) is 5.02 Å². The zero-order valence-corrected chi connectivity index (χ0v) is 8.78. The van der Waals surface area contributed by atoms with Crippen LogP contribution in [0.1, 0.15) is 5.56 Å². The Hall–Kier alpha value is -0.740. The molecule has 0 saturated carbocycles. The molecule has 0 amide bonds. The van der Waals surface area contributed by atoms with Gasteiger partial charge in [-0.3, -0.25) is 10.1 Å². The van der Waals surface area contributed by atoms with E-state index in [0.29, 0.717) is 9.92 Å². The third kappa shape index (κ3) is 2.14. The highest BCUT2D eigenvalue weighted by Crippen LogP contribution is 2.32. The van der Waals surface area contributed by atoms with Gasteiger partial charge in [0.05, 0.1) is 14.8 Å². The average molecular weight is 218 g/mol. The zero-order valence-electron chi connectivity index (χ0n) is 7.20. The van der Waals surface area contributed by atoms with Gasteiger partial charge in [-0.25, -0.2) is 0 Å². The molecule has 0 unspecified atom stereocenters. The molecule has 1 aromatic carbocycles. The highest BCUT2D eigenvalue weighted by molar-refractivity contribution is 7.98. The van der Waals surface area contributed by atoms with E-state index >= 15 is 0 Å². The minimum absolute atomic E-state index is 0.0723. The largest absolute Gasteiger partial charge is 0.284 e. The molecule has 0 aliphatic rings. The van der Waals surface area contributed by atoms with E-state index in [-0.39, 0.29) is 5.69 Å². The minimum atomic E-state index is -0.419. The van der Waals surface area contributed by atoms with Crippen LogP contribution >= 0.6 is 23.4 Å². The molecule has 0 spiro atoms. The predicted octanol–water partition coefficient (Wildman–Crippen LogP) is 3.28. The van der Waals surface area contributed by atoms with E-state index in [2.05, 4.69) is 0 Å².